The molecule has 0 saturated carbocycles. The van der Waals surface area contributed by atoms with Crippen molar-refractivity contribution in [3.8, 4) is 0 Å². The number of urea groups is 1. The van der Waals surface area contributed by atoms with Gasteiger partial charge < -0.3 is 26.4 Å². The number of amides is 3. The molecule has 0 spiro atoms. The van der Waals surface area contributed by atoms with E-state index in [2.05, 4.69) is 16.0 Å². The van der Waals surface area contributed by atoms with E-state index in [1.165, 1.54) is 0 Å². The normalized spacial score (nSPS) is 16.6. The Morgan fingerprint density at radius 1 is 1.23 bits per heavy atom. The first-order valence-electron chi connectivity index (χ1n) is 7.36. The highest BCUT2D eigenvalue weighted by atomic mass is 16.5. The van der Waals surface area contributed by atoms with Crippen LogP contribution in [-0.4, -0.2) is 37.2 Å². The molecule has 22 heavy (non-hydrogen) atoms. The molecule has 1 aromatic carbocycles. The van der Waals surface area contributed by atoms with Crippen LogP contribution in [-0.2, 0) is 9.53 Å². The van der Waals surface area contributed by atoms with Gasteiger partial charge >= 0.3 is 6.03 Å². The van der Waals surface area contributed by atoms with Crippen LogP contribution in [0.5, 0.6) is 0 Å². The van der Waals surface area contributed by atoms with E-state index in [-0.39, 0.29) is 11.9 Å². The highest BCUT2D eigenvalue weighted by molar-refractivity contribution is 5.99. The molecule has 3 amide bonds. The van der Waals surface area contributed by atoms with E-state index in [9.17, 15) is 9.59 Å². The zero-order valence-corrected chi connectivity index (χ0v) is 12.6. The molecule has 1 heterocycles. The van der Waals surface area contributed by atoms with Crippen LogP contribution in [0.15, 0.2) is 24.3 Å². The van der Waals surface area contributed by atoms with Crippen molar-refractivity contribution in [2.45, 2.75) is 25.3 Å². The number of rotatable bonds is 4. The second-order valence-electron chi connectivity index (χ2n) is 5.29. The molecular weight excluding hydrogens is 284 g/mol. The number of nitrogens with one attached hydrogen (secondary N) is 3. The molecule has 2 rings (SSSR count). The molecule has 5 N–H and O–H groups in total. The zero-order valence-electron chi connectivity index (χ0n) is 12.6. The van der Waals surface area contributed by atoms with Gasteiger partial charge in [0, 0.05) is 31.1 Å². The summed E-state index contributed by atoms with van der Waals surface area (Å²) in [4.78, 5) is 23.8. The van der Waals surface area contributed by atoms with Crippen molar-refractivity contribution >= 4 is 23.3 Å². The third-order valence-electron chi connectivity index (χ3n) is 3.55. The lowest BCUT2D eigenvalue weighted by Crippen LogP contribution is -2.54. The Morgan fingerprint density at radius 3 is 2.50 bits per heavy atom. The molecule has 120 valence electrons. The summed E-state index contributed by atoms with van der Waals surface area (Å²) in [7, 11) is 0. The van der Waals surface area contributed by atoms with Gasteiger partial charge in [-0.05, 0) is 38.0 Å². The van der Waals surface area contributed by atoms with Gasteiger partial charge in [-0.25, -0.2) is 4.79 Å². The van der Waals surface area contributed by atoms with E-state index in [0.717, 1.165) is 0 Å². The lowest BCUT2D eigenvalue weighted by atomic mass is 9.90. The van der Waals surface area contributed by atoms with Gasteiger partial charge in [-0.15, -0.1) is 0 Å². The van der Waals surface area contributed by atoms with Crippen molar-refractivity contribution in [2.75, 3.05) is 30.4 Å². The molecule has 0 aliphatic carbocycles. The maximum atomic E-state index is 12.3. The third-order valence-corrected chi connectivity index (χ3v) is 3.55. The van der Waals surface area contributed by atoms with Gasteiger partial charge in [-0.3, -0.25) is 4.79 Å². The first-order valence-corrected chi connectivity index (χ1v) is 7.36. The predicted octanol–water partition coefficient (Wildman–Crippen LogP) is 1.27. The van der Waals surface area contributed by atoms with E-state index >= 15 is 0 Å². The molecule has 1 aliphatic heterocycles. The number of carbonyl (C=O) groups excluding carboxylic acids is 2. The Balaban J connectivity index is 2.00. The monoisotopic (exact) mass is 306 g/mol. The smallest absolute Gasteiger partial charge is 0.319 e. The van der Waals surface area contributed by atoms with Crippen LogP contribution < -0.4 is 21.7 Å². The summed E-state index contributed by atoms with van der Waals surface area (Å²) < 4.78 is 5.24. The van der Waals surface area contributed by atoms with Gasteiger partial charge in [-0.2, -0.15) is 0 Å². The Bertz CT molecular complexity index is 541. The van der Waals surface area contributed by atoms with Gasteiger partial charge in [-0.1, -0.05) is 6.07 Å². The minimum Gasteiger partial charge on any atom is -0.381 e. The predicted molar refractivity (Wildman–Crippen MR) is 84.7 cm³/mol. The fourth-order valence-corrected chi connectivity index (χ4v) is 2.23. The Morgan fingerprint density at radius 2 is 1.86 bits per heavy atom. The quantitative estimate of drug-likeness (QED) is 0.672. The number of hydrogen-bond donors (Lipinski definition) is 4. The summed E-state index contributed by atoms with van der Waals surface area (Å²) >= 11 is 0. The average Bonchev–Trinajstić information content (AvgIpc) is 2.48. The van der Waals surface area contributed by atoms with Gasteiger partial charge in [0.25, 0.3) is 0 Å². The molecule has 0 bridgehead atoms. The van der Waals surface area contributed by atoms with Crippen molar-refractivity contribution in [1.29, 1.82) is 0 Å². The van der Waals surface area contributed by atoms with Crippen LogP contribution >= 0.6 is 0 Å². The topological polar surface area (TPSA) is 105 Å². The van der Waals surface area contributed by atoms with Crippen LogP contribution in [0.2, 0.25) is 0 Å². The molecule has 1 fully saturated rings. The van der Waals surface area contributed by atoms with Crippen LogP contribution in [0.4, 0.5) is 16.2 Å². The molecule has 7 heteroatoms. The summed E-state index contributed by atoms with van der Waals surface area (Å²) in [5, 5.41) is 8.14. The summed E-state index contributed by atoms with van der Waals surface area (Å²) in [6.45, 7) is 3.36. The van der Waals surface area contributed by atoms with Crippen molar-refractivity contribution in [1.82, 2.24) is 5.32 Å². The Labute approximate surface area is 129 Å². The SMILES string of the molecule is CCNC(=O)Nc1cccc(NC(=O)C2(N)CCOCC2)c1. The number of carbonyl (C=O) groups is 2. The Kier molecular flexibility index (Phi) is 5.35. The van der Waals surface area contributed by atoms with Gasteiger partial charge in [0.1, 0.15) is 5.54 Å². The molecule has 1 saturated heterocycles. The maximum absolute atomic E-state index is 12.3. The van der Waals surface area contributed by atoms with E-state index in [1.54, 1.807) is 24.3 Å². The largest absolute Gasteiger partial charge is 0.381 e. The van der Waals surface area contributed by atoms with E-state index in [0.29, 0.717) is 44.0 Å². The third kappa shape index (κ3) is 4.19. The molecule has 1 aromatic rings. The summed E-state index contributed by atoms with van der Waals surface area (Å²) in [5.41, 5.74) is 6.43. The van der Waals surface area contributed by atoms with Gasteiger partial charge in [0.05, 0.1) is 0 Å². The van der Waals surface area contributed by atoms with E-state index in [4.69, 9.17) is 10.5 Å². The minimum atomic E-state index is -0.902. The molecule has 7 nitrogen and oxygen atoms in total. The maximum Gasteiger partial charge on any atom is 0.319 e. The summed E-state index contributed by atoms with van der Waals surface area (Å²) in [6.07, 6.45) is 0.991. The number of hydrogen-bond acceptors (Lipinski definition) is 4. The highest BCUT2D eigenvalue weighted by Gasteiger charge is 2.35. The fraction of sp³-hybridized carbons (Fsp3) is 0.467. The van der Waals surface area contributed by atoms with Gasteiger partial charge in [0.15, 0.2) is 0 Å². The second kappa shape index (κ2) is 7.24. The highest BCUT2D eigenvalue weighted by Crippen LogP contribution is 2.21. The Hall–Kier alpha value is -2.12. The molecular formula is C15H22N4O3. The summed E-state index contributed by atoms with van der Waals surface area (Å²) in [6, 6.07) is 6.66. The van der Waals surface area contributed by atoms with Crippen LogP contribution in [0, 0.1) is 0 Å². The van der Waals surface area contributed by atoms with Crippen LogP contribution in [0.25, 0.3) is 0 Å². The van der Waals surface area contributed by atoms with E-state index in [1.807, 2.05) is 6.92 Å². The zero-order chi connectivity index (χ0) is 16.0. The fourth-order valence-electron chi connectivity index (χ4n) is 2.23. The first-order chi connectivity index (χ1) is 10.5. The summed E-state index contributed by atoms with van der Waals surface area (Å²) in [5.74, 6) is -0.231. The van der Waals surface area contributed by atoms with Crippen LogP contribution in [0.1, 0.15) is 19.8 Å². The number of benzene rings is 1. The van der Waals surface area contributed by atoms with Crippen molar-refractivity contribution in [3.05, 3.63) is 24.3 Å². The number of nitrogens with two attached hydrogens (primary N) is 1. The molecule has 0 aromatic heterocycles. The number of ether oxygens (including phenoxy) is 1. The standard InChI is InChI=1S/C15H22N4O3/c1-2-17-14(21)19-12-5-3-4-11(10-12)18-13(20)15(16)6-8-22-9-7-15/h3-5,10H,2,6-9,16H2,1H3,(H,18,20)(H2,17,19,21). The lowest BCUT2D eigenvalue weighted by molar-refractivity contribution is -0.124. The number of anilines is 2. The van der Waals surface area contributed by atoms with Crippen LogP contribution in [0.3, 0.4) is 0 Å². The second-order valence-corrected chi connectivity index (χ2v) is 5.29. The molecule has 1 aliphatic rings. The van der Waals surface area contributed by atoms with Crippen molar-refractivity contribution in [3.63, 3.8) is 0 Å². The molecule has 0 unspecified atom stereocenters. The van der Waals surface area contributed by atoms with Crippen molar-refractivity contribution < 1.29 is 14.3 Å². The van der Waals surface area contributed by atoms with E-state index < -0.39 is 5.54 Å². The first kappa shape index (κ1) is 16.3. The van der Waals surface area contributed by atoms with Crippen molar-refractivity contribution in [2.24, 2.45) is 5.73 Å². The van der Waals surface area contributed by atoms with Gasteiger partial charge in [0.2, 0.25) is 5.91 Å². The minimum absolute atomic E-state index is 0.231. The average molecular weight is 306 g/mol. The lowest BCUT2D eigenvalue weighted by Gasteiger charge is -2.31. The molecule has 0 atom stereocenters. The molecule has 0 radical (unpaired) electrons.